The van der Waals surface area contributed by atoms with Gasteiger partial charge in [0.1, 0.15) is 5.82 Å². The zero-order chi connectivity index (χ0) is 24.1. The van der Waals surface area contributed by atoms with Crippen LogP contribution in [0.1, 0.15) is 67.1 Å². The third-order valence-electron chi connectivity index (χ3n) is 6.36. The number of unbranched alkanes of at least 4 members (excludes halogenated alkanes) is 1. The molecule has 0 saturated heterocycles. The Morgan fingerprint density at radius 2 is 1.91 bits per heavy atom. The fourth-order valence-electron chi connectivity index (χ4n) is 4.61. The van der Waals surface area contributed by atoms with Gasteiger partial charge in [-0.2, -0.15) is 5.26 Å². The zero-order valence-electron chi connectivity index (χ0n) is 19.6. The molecule has 0 bridgehead atoms. The molecule has 2 N–H and O–H groups in total. The zero-order valence-corrected chi connectivity index (χ0v) is 19.6. The number of aryl methyl sites for hydroxylation is 1. The standard InChI is InChI=1S/C29H29N3O2/c1-3-5-9-20-16-19(14-15-24(20)23-11-7-6-10-21(23)18-30)17-27-31-26-13-8-12-25(28(26)32-27)22(4-2)29(33)34/h6-8,10-16,22H,3-5,9,17H2,1-2H3,(H,31,32)(H,33,34). The van der Waals surface area contributed by atoms with Crippen molar-refractivity contribution in [2.24, 2.45) is 0 Å². The lowest BCUT2D eigenvalue weighted by atomic mass is 9.91. The summed E-state index contributed by atoms with van der Waals surface area (Å²) in [5.74, 6) is -0.564. The van der Waals surface area contributed by atoms with Gasteiger partial charge < -0.3 is 10.1 Å². The van der Waals surface area contributed by atoms with Crippen LogP contribution in [0.3, 0.4) is 0 Å². The van der Waals surface area contributed by atoms with Crippen molar-refractivity contribution < 1.29 is 9.90 Å². The summed E-state index contributed by atoms with van der Waals surface area (Å²) in [7, 11) is 0. The Kier molecular flexibility index (Phi) is 7.08. The number of aliphatic carboxylic acids is 1. The molecule has 4 rings (SSSR count). The van der Waals surface area contributed by atoms with Crippen molar-refractivity contribution in [1.82, 2.24) is 9.97 Å². The topological polar surface area (TPSA) is 89.8 Å². The van der Waals surface area contributed by atoms with Crippen LogP contribution in [0.4, 0.5) is 0 Å². The monoisotopic (exact) mass is 451 g/mol. The molecule has 0 saturated carbocycles. The van der Waals surface area contributed by atoms with Crippen molar-refractivity contribution >= 4 is 17.0 Å². The average molecular weight is 452 g/mol. The summed E-state index contributed by atoms with van der Waals surface area (Å²) in [4.78, 5) is 19.9. The molecule has 1 atom stereocenters. The number of para-hydroxylation sites is 1. The van der Waals surface area contributed by atoms with Crippen molar-refractivity contribution in [3.05, 3.63) is 88.7 Å². The molecule has 3 aromatic carbocycles. The Balaban J connectivity index is 1.70. The van der Waals surface area contributed by atoms with Gasteiger partial charge >= 0.3 is 5.97 Å². The van der Waals surface area contributed by atoms with Crippen LogP contribution in [0.5, 0.6) is 0 Å². The molecule has 0 radical (unpaired) electrons. The summed E-state index contributed by atoms with van der Waals surface area (Å²) in [6.45, 7) is 4.07. The van der Waals surface area contributed by atoms with Gasteiger partial charge in [-0.05, 0) is 59.2 Å². The first-order valence-electron chi connectivity index (χ1n) is 11.9. The molecule has 0 amide bonds. The maximum atomic E-state index is 11.7. The Bertz CT molecular complexity index is 1360. The first kappa shape index (κ1) is 23.3. The fourth-order valence-corrected chi connectivity index (χ4v) is 4.61. The van der Waals surface area contributed by atoms with E-state index in [9.17, 15) is 15.2 Å². The van der Waals surface area contributed by atoms with E-state index >= 15 is 0 Å². The van der Waals surface area contributed by atoms with Crippen LogP contribution in [-0.4, -0.2) is 21.0 Å². The first-order valence-corrected chi connectivity index (χ1v) is 11.9. The molecule has 172 valence electrons. The first-order chi connectivity index (χ1) is 16.5. The molecule has 0 aliphatic rings. The highest BCUT2D eigenvalue weighted by Crippen LogP contribution is 2.31. The van der Waals surface area contributed by atoms with E-state index in [0.717, 1.165) is 58.4 Å². The number of fused-ring (bicyclic) bond motifs is 1. The van der Waals surface area contributed by atoms with Gasteiger partial charge in [-0.3, -0.25) is 4.79 Å². The second-order valence-electron chi connectivity index (χ2n) is 8.65. The van der Waals surface area contributed by atoms with Gasteiger partial charge in [0.15, 0.2) is 0 Å². The number of carboxylic acids is 1. The van der Waals surface area contributed by atoms with Gasteiger partial charge in [0.05, 0.1) is 28.6 Å². The summed E-state index contributed by atoms with van der Waals surface area (Å²) in [6, 6.07) is 22.1. The largest absolute Gasteiger partial charge is 0.481 e. The number of nitrogens with zero attached hydrogens (tertiary/aromatic N) is 2. The molecule has 1 aromatic heterocycles. The molecule has 5 nitrogen and oxygen atoms in total. The summed E-state index contributed by atoms with van der Waals surface area (Å²) in [6.07, 6.45) is 4.26. The van der Waals surface area contributed by atoms with Crippen molar-refractivity contribution in [1.29, 1.82) is 5.26 Å². The van der Waals surface area contributed by atoms with Crippen LogP contribution in [0.15, 0.2) is 60.7 Å². The number of aromatic nitrogens is 2. The molecule has 0 spiro atoms. The van der Waals surface area contributed by atoms with Crippen LogP contribution >= 0.6 is 0 Å². The SMILES string of the molecule is CCCCc1cc(Cc2nc3cccc(C(CC)C(=O)O)c3[nH]2)ccc1-c1ccccc1C#N. The van der Waals surface area contributed by atoms with Gasteiger partial charge in [-0.1, -0.05) is 68.8 Å². The second kappa shape index (κ2) is 10.4. The van der Waals surface area contributed by atoms with Crippen LogP contribution in [0.2, 0.25) is 0 Å². The van der Waals surface area contributed by atoms with Gasteiger partial charge in [0.2, 0.25) is 0 Å². The van der Waals surface area contributed by atoms with Gasteiger partial charge in [0, 0.05) is 6.42 Å². The number of rotatable bonds is 9. The number of carboxylic acid groups (broad SMARTS) is 1. The number of imidazole rings is 1. The Labute approximate surface area is 200 Å². The van der Waals surface area contributed by atoms with E-state index in [1.807, 2.05) is 49.4 Å². The Morgan fingerprint density at radius 3 is 2.65 bits per heavy atom. The number of nitrogens with one attached hydrogen (secondary N) is 1. The molecule has 0 fully saturated rings. The van der Waals surface area contributed by atoms with E-state index in [-0.39, 0.29) is 0 Å². The lowest BCUT2D eigenvalue weighted by Gasteiger charge is -2.13. The minimum absolute atomic E-state index is 0.523. The van der Waals surface area contributed by atoms with E-state index in [0.29, 0.717) is 18.4 Å². The van der Waals surface area contributed by atoms with Crippen LogP contribution in [-0.2, 0) is 17.6 Å². The fraction of sp³-hybridized carbons (Fsp3) is 0.276. The molecule has 0 aliphatic heterocycles. The minimum Gasteiger partial charge on any atom is -0.481 e. The lowest BCUT2D eigenvalue weighted by Crippen LogP contribution is -2.10. The molecular formula is C29H29N3O2. The minimum atomic E-state index is -0.819. The second-order valence-corrected chi connectivity index (χ2v) is 8.65. The van der Waals surface area contributed by atoms with E-state index in [1.54, 1.807) is 0 Å². The number of nitriles is 1. The lowest BCUT2D eigenvalue weighted by molar-refractivity contribution is -0.138. The van der Waals surface area contributed by atoms with Crippen molar-refractivity contribution in [3.63, 3.8) is 0 Å². The highest BCUT2D eigenvalue weighted by Gasteiger charge is 2.21. The van der Waals surface area contributed by atoms with Crippen molar-refractivity contribution in [3.8, 4) is 17.2 Å². The van der Waals surface area contributed by atoms with E-state index < -0.39 is 11.9 Å². The number of aromatic amines is 1. The Morgan fingerprint density at radius 1 is 1.09 bits per heavy atom. The number of carbonyl (C=O) groups is 1. The molecule has 1 heterocycles. The maximum Gasteiger partial charge on any atom is 0.311 e. The average Bonchev–Trinajstić information content (AvgIpc) is 3.26. The summed E-state index contributed by atoms with van der Waals surface area (Å²) in [5.41, 5.74) is 7.49. The quantitative estimate of drug-likeness (QED) is 0.299. The third-order valence-corrected chi connectivity index (χ3v) is 6.36. The van der Waals surface area contributed by atoms with E-state index in [1.165, 1.54) is 5.56 Å². The van der Waals surface area contributed by atoms with Gasteiger partial charge in [-0.15, -0.1) is 0 Å². The number of hydrogen-bond donors (Lipinski definition) is 2. The van der Waals surface area contributed by atoms with Crippen molar-refractivity contribution in [2.45, 2.75) is 51.9 Å². The van der Waals surface area contributed by atoms with E-state index in [4.69, 9.17) is 4.98 Å². The van der Waals surface area contributed by atoms with Crippen LogP contribution in [0.25, 0.3) is 22.2 Å². The predicted octanol–water partition coefficient (Wildman–Crippen LogP) is 6.61. The summed E-state index contributed by atoms with van der Waals surface area (Å²) in [5, 5.41) is 19.2. The summed E-state index contributed by atoms with van der Waals surface area (Å²) >= 11 is 0. The van der Waals surface area contributed by atoms with Gasteiger partial charge in [0.25, 0.3) is 0 Å². The highest BCUT2D eigenvalue weighted by atomic mass is 16.4. The molecule has 5 heteroatoms. The maximum absolute atomic E-state index is 11.7. The van der Waals surface area contributed by atoms with Gasteiger partial charge in [-0.25, -0.2) is 4.98 Å². The Hall–Kier alpha value is -3.91. The molecule has 1 unspecified atom stereocenters. The predicted molar refractivity (Wildman–Crippen MR) is 135 cm³/mol. The molecule has 34 heavy (non-hydrogen) atoms. The molecule has 4 aromatic rings. The number of hydrogen-bond acceptors (Lipinski definition) is 3. The summed E-state index contributed by atoms with van der Waals surface area (Å²) < 4.78 is 0. The third kappa shape index (κ3) is 4.72. The number of H-pyrrole nitrogens is 1. The number of benzene rings is 3. The smallest absolute Gasteiger partial charge is 0.311 e. The van der Waals surface area contributed by atoms with E-state index in [2.05, 4.69) is 36.2 Å². The van der Waals surface area contributed by atoms with Crippen LogP contribution in [0, 0.1) is 11.3 Å². The normalized spacial score (nSPS) is 11.9. The van der Waals surface area contributed by atoms with Crippen molar-refractivity contribution in [2.75, 3.05) is 0 Å². The van der Waals surface area contributed by atoms with Crippen LogP contribution < -0.4 is 0 Å². The highest BCUT2D eigenvalue weighted by molar-refractivity contribution is 5.86. The molecular weight excluding hydrogens is 422 g/mol. The molecule has 0 aliphatic carbocycles.